The van der Waals surface area contributed by atoms with Gasteiger partial charge >= 0.3 is 0 Å². The number of rotatable bonds is 4. The fraction of sp³-hybridized carbons (Fsp3) is 0.438. The summed E-state index contributed by atoms with van der Waals surface area (Å²) in [4.78, 5) is 6.04. The molecule has 0 saturated carbocycles. The second-order valence-corrected chi connectivity index (χ2v) is 6.21. The van der Waals surface area contributed by atoms with Gasteiger partial charge in [0.25, 0.3) is 0 Å². The summed E-state index contributed by atoms with van der Waals surface area (Å²) in [6, 6.07) is 6.72. The smallest absolute Gasteiger partial charge is 0.115 e. The molecular weight excluding hydrogens is 252 g/mol. The molecule has 1 unspecified atom stereocenters. The Labute approximate surface area is 119 Å². The monoisotopic (exact) mass is 274 g/mol. The van der Waals surface area contributed by atoms with Crippen LogP contribution in [0.2, 0.25) is 0 Å². The lowest BCUT2D eigenvalue weighted by molar-refractivity contribution is 0.622. The number of benzene rings is 1. The minimum Gasteiger partial charge on any atom is -0.305 e. The topological polar surface area (TPSA) is 24.9 Å². The number of hydrogen-bond acceptors (Lipinski definition) is 3. The summed E-state index contributed by atoms with van der Waals surface area (Å²) in [5.74, 6) is 0. The van der Waals surface area contributed by atoms with Crippen molar-refractivity contribution >= 4 is 11.3 Å². The van der Waals surface area contributed by atoms with Crippen LogP contribution in [0.1, 0.15) is 45.2 Å². The standard InChI is InChI=1S/C16H22N2S/c1-6-17-15(16-18-12(4)13(5)19-16)14-9-7-8-10(2)11(14)3/h7-9,15,17H,6H2,1-5H3. The van der Waals surface area contributed by atoms with Crippen LogP contribution in [-0.4, -0.2) is 11.5 Å². The van der Waals surface area contributed by atoms with E-state index in [0.717, 1.165) is 12.2 Å². The molecule has 2 rings (SSSR count). The molecule has 2 aromatic rings. The number of hydrogen-bond donors (Lipinski definition) is 1. The van der Waals surface area contributed by atoms with E-state index in [-0.39, 0.29) is 6.04 Å². The number of nitrogens with one attached hydrogen (secondary N) is 1. The molecule has 2 nitrogen and oxygen atoms in total. The molecule has 0 saturated heterocycles. The lowest BCUT2D eigenvalue weighted by Crippen LogP contribution is -2.22. The Morgan fingerprint density at radius 1 is 1.21 bits per heavy atom. The third-order valence-electron chi connectivity index (χ3n) is 3.66. The maximum Gasteiger partial charge on any atom is 0.115 e. The molecule has 0 spiro atoms. The van der Waals surface area contributed by atoms with Crippen molar-refractivity contribution in [3.63, 3.8) is 0 Å². The highest BCUT2D eigenvalue weighted by Crippen LogP contribution is 2.30. The van der Waals surface area contributed by atoms with E-state index in [1.807, 2.05) is 0 Å². The summed E-state index contributed by atoms with van der Waals surface area (Å²) in [5, 5.41) is 4.74. The molecule has 0 aliphatic rings. The molecule has 3 heteroatoms. The molecule has 102 valence electrons. The molecule has 0 bridgehead atoms. The number of aromatic nitrogens is 1. The summed E-state index contributed by atoms with van der Waals surface area (Å²) in [5.41, 5.74) is 5.19. The van der Waals surface area contributed by atoms with E-state index in [1.165, 1.54) is 26.6 Å². The average molecular weight is 274 g/mol. The van der Waals surface area contributed by atoms with Gasteiger partial charge in [-0.1, -0.05) is 25.1 Å². The van der Waals surface area contributed by atoms with Gasteiger partial charge in [-0.3, -0.25) is 0 Å². The first-order valence-corrected chi connectivity index (χ1v) is 7.59. The van der Waals surface area contributed by atoms with Crippen molar-refractivity contribution in [2.45, 2.75) is 40.7 Å². The van der Waals surface area contributed by atoms with Crippen LogP contribution in [-0.2, 0) is 0 Å². The zero-order valence-corrected chi connectivity index (χ0v) is 13.2. The van der Waals surface area contributed by atoms with Gasteiger partial charge in [0.15, 0.2) is 0 Å². The van der Waals surface area contributed by atoms with Crippen LogP contribution in [0, 0.1) is 27.7 Å². The average Bonchev–Trinajstić information content (AvgIpc) is 2.70. The summed E-state index contributed by atoms with van der Waals surface area (Å²) in [6.45, 7) is 11.7. The predicted molar refractivity (Wildman–Crippen MR) is 83.0 cm³/mol. The zero-order valence-electron chi connectivity index (χ0n) is 12.4. The van der Waals surface area contributed by atoms with Crippen LogP contribution in [0.15, 0.2) is 18.2 Å². The van der Waals surface area contributed by atoms with Crippen LogP contribution in [0.5, 0.6) is 0 Å². The zero-order chi connectivity index (χ0) is 14.0. The highest BCUT2D eigenvalue weighted by atomic mass is 32.1. The lowest BCUT2D eigenvalue weighted by Gasteiger charge is -2.19. The minimum absolute atomic E-state index is 0.210. The highest BCUT2D eigenvalue weighted by molar-refractivity contribution is 7.11. The van der Waals surface area contributed by atoms with Gasteiger partial charge in [0.1, 0.15) is 5.01 Å². The van der Waals surface area contributed by atoms with Crippen LogP contribution in [0.4, 0.5) is 0 Å². The summed E-state index contributed by atoms with van der Waals surface area (Å²) in [7, 11) is 0. The van der Waals surface area contributed by atoms with Crippen molar-refractivity contribution in [1.29, 1.82) is 0 Å². The van der Waals surface area contributed by atoms with E-state index >= 15 is 0 Å². The van der Waals surface area contributed by atoms with Gasteiger partial charge in [0.05, 0.1) is 11.7 Å². The molecule has 1 atom stereocenters. The van der Waals surface area contributed by atoms with Crippen molar-refractivity contribution in [3.8, 4) is 0 Å². The molecule has 1 aromatic heterocycles. The third kappa shape index (κ3) is 2.88. The van der Waals surface area contributed by atoms with Gasteiger partial charge in [-0.15, -0.1) is 11.3 Å². The van der Waals surface area contributed by atoms with Gasteiger partial charge in [-0.25, -0.2) is 4.98 Å². The summed E-state index contributed by atoms with van der Waals surface area (Å²) < 4.78 is 0. The highest BCUT2D eigenvalue weighted by Gasteiger charge is 2.19. The largest absolute Gasteiger partial charge is 0.305 e. The molecule has 0 aliphatic carbocycles. The van der Waals surface area contributed by atoms with E-state index in [0.29, 0.717) is 0 Å². The number of aryl methyl sites for hydroxylation is 3. The van der Waals surface area contributed by atoms with Gasteiger partial charge in [0.2, 0.25) is 0 Å². The fourth-order valence-electron chi connectivity index (χ4n) is 2.24. The van der Waals surface area contributed by atoms with E-state index in [2.05, 4.69) is 58.1 Å². The number of thiazole rings is 1. The molecule has 1 aromatic carbocycles. The Bertz CT molecular complexity index is 553. The third-order valence-corrected chi connectivity index (χ3v) is 4.80. The second-order valence-electron chi connectivity index (χ2n) is 4.97. The lowest BCUT2D eigenvalue weighted by atomic mass is 9.97. The molecule has 0 radical (unpaired) electrons. The number of nitrogens with zero attached hydrogens (tertiary/aromatic N) is 1. The molecule has 0 aliphatic heterocycles. The maximum atomic E-state index is 4.73. The Morgan fingerprint density at radius 3 is 2.53 bits per heavy atom. The Hall–Kier alpha value is -1.19. The van der Waals surface area contributed by atoms with E-state index in [4.69, 9.17) is 4.98 Å². The van der Waals surface area contributed by atoms with Crippen molar-refractivity contribution in [1.82, 2.24) is 10.3 Å². The summed E-state index contributed by atoms with van der Waals surface area (Å²) >= 11 is 1.80. The quantitative estimate of drug-likeness (QED) is 0.909. The Balaban J connectivity index is 2.48. The predicted octanol–water partition coefficient (Wildman–Crippen LogP) is 4.08. The first-order valence-electron chi connectivity index (χ1n) is 6.78. The van der Waals surface area contributed by atoms with Gasteiger partial charge in [0, 0.05) is 4.88 Å². The molecule has 0 amide bonds. The van der Waals surface area contributed by atoms with Crippen LogP contribution >= 0.6 is 11.3 Å². The SMILES string of the molecule is CCNC(c1nc(C)c(C)s1)c1cccc(C)c1C. The molecular formula is C16H22N2S. The van der Waals surface area contributed by atoms with E-state index < -0.39 is 0 Å². The van der Waals surface area contributed by atoms with Crippen LogP contribution in [0.3, 0.4) is 0 Å². The van der Waals surface area contributed by atoms with Crippen LogP contribution in [0.25, 0.3) is 0 Å². The van der Waals surface area contributed by atoms with Crippen molar-refractivity contribution < 1.29 is 0 Å². The van der Waals surface area contributed by atoms with Gasteiger partial charge < -0.3 is 5.32 Å². The van der Waals surface area contributed by atoms with E-state index in [9.17, 15) is 0 Å². The normalized spacial score (nSPS) is 12.7. The maximum absolute atomic E-state index is 4.73. The molecule has 19 heavy (non-hydrogen) atoms. The fourth-order valence-corrected chi connectivity index (χ4v) is 3.26. The Kier molecular flexibility index (Phi) is 4.38. The van der Waals surface area contributed by atoms with Crippen LogP contribution < -0.4 is 5.32 Å². The van der Waals surface area contributed by atoms with E-state index in [1.54, 1.807) is 11.3 Å². The summed E-state index contributed by atoms with van der Waals surface area (Å²) in [6.07, 6.45) is 0. The molecule has 1 heterocycles. The first-order chi connectivity index (χ1) is 9.04. The van der Waals surface area contributed by atoms with Crippen molar-refractivity contribution in [2.75, 3.05) is 6.54 Å². The first kappa shape index (κ1) is 14.2. The van der Waals surface area contributed by atoms with Gasteiger partial charge in [-0.2, -0.15) is 0 Å². The van der Waals surface area contributed by atoms with Crippen molar-refractivity contribution in [3.05, 3.63) is 50.5 Å². The van der Waals surface area contributed by atoms with Crippen molar-refractivity contribution in [2.24, 2.45) is 0 Å². The minimum atomic E-state index is 0.210. The van der Waals surface area contributed by atoms with Gasteiger partial charge in [-0.05, 0) is 50.9 Å². The second kappa shape index (κ2) is 5.85. The molecule has 0 fully saturated rings. The molecule has 1 N–H and O–H groups in total. The Morgan fingerprint density at radius 2 is 1.95 bits per heavy atom.